The monoisotopic (exact) mass is 224 g/mol. The fraction of sp³-hybridized carbons (Fsp3) is 0.444. The molecule has 0 bridgehead atoms. The zero-order valence-corrected chi connectivity index (χ0v) is 8.96. The molecule has 0 aromatic carbocycles. The highest BCUT2D eigenvalue weighted by atomic mass is 32.2. The summed E-state index contributed by atoms with van der Waals surface area (Å²) in [5.41, 5.74) is 0. The Balaban J connectivity index is 1.80. The highest BCUT2D eigenvalue weighted by molar-refractivity contribution is 7.97. The fourth-order valence-corrected chi connectivity index (χ4v) is 1.97. The molecule has 1 fully saturated rings. The zero-order chi connectivity index (χ0) is 10.5. The normalized spacial score (nSPS) is 20.1. The number of carbonyl (C=O) groups is 1. The average Bonchev–Trinajstić information content (AvgIpc) is 2.81. The van der Waals surface area contributed by atoms with Crippen LogP contribution in [0.3, 0.4) is 0 Å². The maximum absolute atomic E-state index is 11.6. The summed E-state index contributed by atoms with van der Waals surface area (Å²) in [5, 5.41) is 3.69. The van der Waals surface area contributed by atoms with Gasteiger partial charge in [-0.05, 0) is 25.5 Å². The van der Waals surface area contributed by atoms with E-state index in [0.717, 1.165) is 31.3 Å². The molecule has 80 valence electrons. The van der Waals surface area contributed by atoms with Crippen molar-refractivity contribution in [3.63, 3.8) is 0 Å². The van der Waals surface area contributed by atoms with Gasteiger partial charge in [-0.15, -0.1) is 0 Å². The summed E-state index contributed by atoms with van der Waals surface area (Å²) in [4.78, 5) is 19.6. The van der Waals surface area contributed by atoms with Gasteiger partial charge in [-0.2, -0.15) is 0 Å². The van der Waals surface area contributed by atoms with E-state index in [0.29, 0.717) is 5.16 Å². The molecule has 1 amide bonds. The van der Waals surface area contributed by atoms with Gasteiger partial charge in [0.05, 0.1) is 6.04 Å². The fourth-order valence-electron chi connectivity index (χ4n) is 1.41. The number of nitrogens with one attached hydrogen (secondary N) is 2. The Labute approximate surface area is 92.2 Å². The third kappa shape index (κ3) is 2.90. The van der Waals surface area contributed by atoms with Crippen molar-refractivity contribution in [2.75, 3.05) is 6.54 Å². The Morgan fingerprint density at radius 2 is 2.33 bits per heavy atom. The summed E-state index contributed by atoms with van der Waals surface area (Å²) in [7, 11) is 0. The van der Waals surface area contributed by atoms with Crippen LogP contribution in [-0.4, -0.2) is 28.5 Å². The van der Waals surface area contributed by atoms with E-state index in [1.54, 1.807) is 18.5 Å². The maximum Gasteiger partial charge on any atom is 0.247 e. The molecule has 15 heavy (non-hydrogen) atoms. The Kier molecular flexibility index (Phi) is 3.52. The summed E-state index contributed by atoms with van der Waals surface area (Å²) >= 11 is 1.15. The van der Waals surface area contributed by atoms with Crippen molar-refractivity contribution in [3.05, 3.63) is 18.5 Å². The molecule has 0 spiro atoms. The number of carbonyl (C=O) groups excluding carboxylic acids is 1. The van der Waals surface area contributed by atoms with Crippen LogP contribution in [0.1, 0.15) is 12.8 Å². The van der Waals surface area contributed by atoms with Gasteiger partial charge >= 0.3 is 0 Å². The smallest absolute Gasteiger partial charge is 0.247 e. The molecule has 0 unspecified atom stereocenters. The molecule has 0 saturated carbocycles. The van der Waals surface area contributed by atoms with Crippen LogP contribution in [-0.2, 0) is 4.79 Å². The molecular weight excluding hydrogens is 212 g/mol. The Morgan fingerprint density at radius 3 is 3.00 bits per heavy atom. The van der Waals surface area contributed by atoms with Crippen LogP contribution in [0.2, 0.25) is 0 Å². The van der Waals surface area contributed by atoms with E-state index in [4.69, 9.17) is 0 Å². The first-order chi connectivity index (χ1) is 7.36. The van der Waals surface area contributed by atoms with Crippen LogP contribution in [0.4, 0.5) is 0 Å². The first-order valence-electron chi connectivity index (χ1n) is 4.83. The van der Waals surface area contributed by atoms with Crippen LogP contribution in [0, 0.1) is 0 Å². The van der Waals surface area contributed by atoms with Gasteiger partial charge in [0.2, 0.25) is 11.1 Å². The Morgan fingerprint density at radius 1 is 1.53 bits per heavy atom. The number of aromatic nitrogens is 2. The molecule has 1 aromatic heterocycles. The van der Waals surface area contributed by atoms with Crippen molar-refractivity contribution < 1.29 is 4.79 Å². The largest absolute Gasteiger partial charge is 0.306 e. The molecule has 1 saturated heterocycles. The van der Waals surface area contributed by atoms with Crippen molar-refractivity contribution in [3.8, 4) is 0 Å². The lowest BCUT2D eigenvalue weighted by Crippen LogP contribution is -2.37. The highest BCUT2D eigenvalue weighted by Crippen LogP contribution is 2.09. The van der Waals surface area contributed by atoms with E-state index in [1.165, 1.54) is 0 Å². The average molecular weight is 224 g/mol. The molecule has 6 heteroatoms. The SMILES string of the molecule is O=C(NSc1ncccn1)[C@H]1CCCN1. The van der Waals surface area contributed by atoms with Gasteiger partial charge < -0.3 is 5.32 Å². The summed E-state index contributed by atoms with van der Waals surface area (Å²) in [5.74, 6) is 0.00459. The minimum Gasteiger partial charge on any atom is -0.306 e. The van der Waals surface area contributed by atoms with Gasteiger partial charge in [0, 0.05) is 24.3 Å². The van der Waals surface area contributed by atoms with Gasteiger partial charge in [-0.25, -0.2) is 9.97 Å². The van der Waals surface area contributed by atoms with E-state index < -0.39 is 0 Å². The number of hydrogen-bond acceptors (Lipinski definition) is 5. The van der Waals surface area contributed by atoms with E-state index in [1.807, 2.05) is 0 Å². The van der Waals surface area contributed by atoms with Crippen LogP contribution in [0.5, 0.6) is 0 Å². The first kappa shape index (κ1) is 10.4. The van der Waals surface area contributed by atoms with E-state index in [2.05, 4.69) is 20.0 Å². The third-order valence-corrected chi connectivity index (χ3v) is 2.86. The van der Waals surface area contributed by atoms with Crippen molar-refractivity contribution in [2.24, 2.45) is 0 Å². The topological polar surface area (TPSA) is 66.9 Å². The number of amides is 1. The zero-order valence-electron chi connectivity index (χ0n) is 8.14. The summed E-state index contributed by atoms with van der Waals surface area (Å²) in [6.45, 7) is 0.921. The molecule has 2 N–H and O–H groups in total. The minimum atomic E-state index is -0.0544. The van der Waals surface area contributed by atoms with Crippen molar-refractivity contribution in [1.82, 2.24) is 20.0 Å². The molecule has 1 atom stereocenters. The maximum atomic E-state index is 11.6. The van der Waals surface area contributed by atoms with Gasteiger partial charge in [0.1, 0.15) is 0 Å². The number of nitrogens with zero attached hydrogens (tertiary/aromatic N) is 2. The Bertz CT molecular complexity index is 326. The summed E-state index contributed by atoms with van der Waals surface area (Å²) in [6.07, 6.45) is 5.26. The van der Waals surface area contributed by atoms with Crippen LogP contribution < -0.4 is 10.0 Å². The van der Waals surface area contributed by atoms with E-state index in [9.17, 15) is 4.79 Å². The predicted octanol–water partition coefficient (Wildman–Crippen LogP) is 0.352. The molecule has 5 nitrogen and oxygen atoms in total. The lowest BCUT2D eigenvalue weighted by molar-refractivity contribution is -0.120. The molecule has 1 aromatic rings. The lowest BCUT2D eigenvalue weighted by atomic mass is 10.2. The predicted molar refractivity (Wildman–Crippen MR) is 57.1 cm³/mol. The molecule has 0 aliphatic carbocycles. The second-order valence-corrected chi connectivity index (χ2v) is 4.02. The van der Waals surface area contributed by atoms with Gasteiger partial charge in [0.25, 0.3) is 0 Å². The second-order valence-electron chi connectivity index (χ2n) is 3.25. The standard InChI is InChI=1S/C9H12N4OS/c14-8(7-3-1-4-10-7)13-15-9-11-5-2-6-12-9/h2,5-7,10H,1,3-4H2,(H,13,14)/t7-/m1/s1. The molecule has 0 radical (unpaired) electrons. The first-order valence-corrected chi connectivity index (χ1v) is 5.65. The number of hydrogen-bond donors (Lipinski definition) is 2. The third-order valence-electron chi connectivity index (χ3n) is 2.16. The van der Waals surface area contributed by atoms with Gasteiger partial charge in [-0.3, -0.25) is 9.52 Å². The summed E-state index contributed by atoms with van der Waals surface area (Å²) in [6, 6.07) is 1.69. The molecule has 1 aliphatic rings. The second kappa shape index (κ2) is 5.09. The molecule has 1 aliphatic heterocycles. The summed E-state index contributed by atoms with van der Waals surface area (Å²) < 4.78 is 2.73. The minimum absolute atomic E-state index is 0.00459. The van der Waals surface area contributed by atoms with Crippen LogP contribution in [0.25, 0.3) is 0 Å². The molecule has 2 rings (SSSR count). The van der Waals surface area contributed by atoms with Crippen LogP contribution in [0.15, 0.2) is 23.6 Å². The van der Waals surface area contributed by atoms with Crippen molar-refractivity contribution >= 4 is 17.9 Å². The van der Waals surface area contributed by atoms with Crippen LogP contribution >= 0.6 is 11.9 Å². The number of rotatable bonds is 3. The quantitative estimate of drug-likeness (QED) is 0.573. The van der Waals surface area contributed by atoms with Crippen molar-refractivity contribution in [2.45, 2.75) is 24.0 Å². The molecular formula is C9H12N4OS. The highest BCUT2D eigenvalue weighted by Gasteiger charge is 2.21. The lowest BCUT2D eigenvalue weighted by Gasteiger charge is -2.08. The van der Waals surface area contributed by atoms with E-state index >= 15 is 0 Å². The van der Waals surface area contributed by atoms with Gasteiger partial charge in [-0.1, -0.05) is 0 Å². The Hall–Kier alpha value is -1.14. The molecule has 2 heterocycles. The van der Waals surface area contributed by atoms with Gasteiger partial charge in [0.15, 0.2) is 0 Å². The van der Waals surface area contributed by atoms with E-state index in [-0.39, 0.29) is 11.9 Å². The van der Waals surface area contributed by atoms with Crippen molar-refractivity contribution in [1.29, 1.82) is 0 Å².